The van der Waals surface area contributed by atoms with Gasteiger partial charge in [0.2, 0.25) is 5.56 Å². The van der Waals surface area contributed by atoms with Crippen molar-refractivity contribution in [1.82, 2.24) is 4.98 Å². The molecule has 0 amide bonds. The summed E-state index contributed by atoms with van der Waals surface area (Å²) in [6, 6.07) is 8.83. The van der Waals surface area contributed by atoms with Crippen LogP contribution in [0.1, 0.15) is 41.8 Å². The first-order chi connectivity index (χ1) is 10.9. The van der Waals surface area contributed by atoms with E-state index in [9.17, 15) is 9.59 Å². The highest BCUT2D eigenvalue weighted by atomic mass is 16.5. The molecule has 0 radical (unpaired) electrons. The predicted octanol–water partition coefficient (Wildman–Crippen LogP) is 3.37. The number of nitrogens with one attached hydrogen (secondary N) is 1. The Labute approximate surface area is 134 Å². The summed E-state index contributed by atoms with van der Waals surface area (Å²) in [6.07, 6.45) is 6.67. The van der Waals surface area contributed by atoms with Gasteiger partial charge in [-0.3, -0.25) is 9.59 Å². The Bertz CT molecular complexity index is 831. The number of rotatable bonds is 3. The highest BCUT2D eigenvalue weighted by Crippen LogP contribution is 2.33. The molecule has 0 aliphatic carbocycles. The van der Waals surface area contributed by atoms with Crippen LogP contribution in [-0.4, -0.2) is 16.4 Å². The number of benzene rings is 1. The smallest absolute Gasteiger partial charge is 0.248 e. The van der Waals surface area contributed by atoms with E-state index in [2.05, 4.69) is 18.8 Å². The second kappa shape index (κ2) is 5.88. The highest BCUT2D eigenvalue weighted by Gasteiger charge is 2.26. The first kappa shape index (κ1) is 15.3. The molecule has 0 fully saturated rings. The fraction of sp³-hybridized carbons (Fsp3) is 0.263. The molecule has 0 bridgehead atoms. The first-order valence-electron chi connectivity index (χ1n) is 7.66. The van der Waals surface area contributed by atoms with Gasteiger partial charge in [-0.2, -0.15) is 0 Å². The SMILES string of the molecule is CC1(C)CCc2cc(/C=C/C(=O)c3cc[nH]c(=O)c3)ccc2O1. The minimum Gasteiger partial charge on any atom is -0.488 e. The third-order valence-corrected chi connectivity index (χ3v) is 3.95. The van der Waals surface area contributed by atoms with E-state index in [-0.39, 0.29) is 16.9 Å². The van der Waals surface area contributed by atoms with Crippen LogP contribution >= 0.6 is 0 Å². The van der Waals surface area contributed by atoms with Crippen molar-refractivity contribution in [2.75, 3.05) is 0 Å². The average Bonchev–Trinajstić information content (AvgIpc) is 2.52. The molecule has 0 spiro atoms. The van der Waals surface area contributed by atoms with Gasteiger partial charge in [0.25, 0.3) is 0 Å². The van der Waals surface area contributed by atoms with Crippen LogP contribution in [-0.2, 0) is 6.42 Å². The number of H-pyrrole nitrogens is 1. The molecule has 3 rings (SSSR count). The molecular weight excluding hydrogens is 290 g/mol. The Kier molecular flexibility index (Phi) is 3.90. The molecule has 0 unspecified atom stereocenters. The number of aromatic nitrogens is 1. The topological polar surface area (TPSA) is 59.2 Å². The van der Waals surface area contributed by atoms with E-state index in [1.165, 1.54) is 18.3 Å². The van der Waals surface area contributed by atoms with Crippen LogP contribution in [0, 0.1) is 0 Å². The van der Waals surface area contributed by atoms with E-state index in [0.29, 0.717) is 5.56 Å². The van der Waals surface area contributed by atoms with Gasteiger partial charge in [0.05, 0.1) is 0 Å². The van der Waals surface area contributed by atoms with Crippen molar-refractivity contribution in [3.05, 3.63) is 69.6 Å². The van der Waals surface area contributed by atoms with E-state index in [0.717, 1.165) is 29.7 Å². The molecular formula is C19H19NO3. The predicted molar refractivity (Wildman–Crippen MR) is 89.9 cm³/mol. The molecule has 118 valence electrons. The van der Waals surface area contributed by atoms with Crippen molar-refractivity contribution in [3.63, 3.8) is 0 Å². The number of hydrogen-bond acceptors (Lipinski definition) is 3. The number of pyridine rings is 1. The summed E-state index contributed by atoms with van der Waals surface area (Å²) in [5, 5.41) is 0. The summed E-state index contributed by atoms with van der Waals surface area (Å²) in [4.78, 5) is 25.8. The maximum atomic E-state index is 12.1. The Morgan fingerprint density at radius 2 is 2.09 bits per heavy atom. The molecule has 1 aromatic carbocycles. The third-order valence-electron chi connectivity index (χ3n) is 3.95. The molecule has 4 nitrogen and oxygen atoms in total. The molecule has 2 aromatic rings. The van der Waals surface area contributed by atoms with Gasteiger partial charge in [0.15, 0.2) is 5.78 Å². The third kappa shape index (κ3) is 3.59. The second-order valence-corrected chi connectivity index (χ2v) is 6.37. The van der Waals surface area contributed by atoms with Crippen LogP contribution in [0.2, 0.25) is 0 Å². The zero-order chi connectivity index (χ0) is 16.4. The Hall–Kier alpha value is -2.62. The number of carbonyl (C=O) groups is 1. The number of carbonyl (C=O) groups excluding carboxylic acids is 1. The lowest BCUT2D eigenvalue weighted by molar-refractivity contribution is 0.0847. The number of ether oxygens (including phenoxy) is 1. The summed E-state index contributed by atoms with van der Waals surface area (Å²) in [5.41, 5.74) is 2.09. The molecule has 0 saturated heterocycles. The fourth-order valence-electron chi connectivity index (χ4n) is 2.65. The summed E-state index contributed by atoms with van der Waals surface area (Å²) in [7, 11) is 0. The van der Waals surface area contributed by atoms with E-state index >= 15 is 0 Å². The van der Waals surface area contributed by atoms with Crippen molar-refractivity contribution in [2.45, 2.75) is 32.3 Å². The molecule has 1 aliphatic heterocycles. The Morgan fingerprint density at radius 3 is 2.87 bits per heavy atom. The molecule has 1 N–H and O–H groups in total. The zero-order valence-electron chi connectivity index (χ0n) is 13.3. The summed E-state index contributed by atoms with van der Waals surface area (Å²) in [6.45, 7) is 4.17. The number of hydrogen-bond donors (Lipinski definition) is 1. The lowest BCUT2D eigenvalue weighted by Gasteiger charge is -2.32. The maximum Gasteiger partial charge on any atom is 0.248 e. The minimum absolute atomic E-state index is 0.124. The average molecular weight is 309 g/mol. The van der Waals surface area contributed by atoms with E-state index in [4.69, 9.17) is 4.74 Å². The molecule has 4 heteroatoms. The van der Waals surface area contributed by atoms with Crippen molar-refractivity contribution < 1.29 is 9.53 Å². The van der Waals surface area contributed by atoms with Crippen molar-refractivity contribution in [3.8, 4) is 5.75 Å². The van der Waals surface area contributed by atoms with Gasteiger partial charge in [-0.1, -0.05) is 12.1 Å². The number of fused-ring (bicyclic) bond motifs is 1. The standard InChI is InChI=1S/C19H19NO3/c1-19(2)9-7-15-11-13(4-6-17(15)23-19)3-5-16(21)14-8-10-20-18(22)12-14/h3-6,8,10-12H,7,9H2,1-2H3,(H,20,22)/b5-3+. The van der Waals surface area contributed by atoms with Gasteiger partial charge in [0, 0.05) is 17.8 Å². The summed E-state index contributed by atoms with van der Waals surface area (Å²) in [5.74, 6) is 0.727. The van der Waals surface area contributed by atoms with Gasteiger partial charge < -0.3 is 9.72 Å². The zero-order valence-corrected chi connectivity index (χ0v) is 13.3. The molecule has 23 heavy (non-hydrogen) atoms. The molecule has 1 aromatic heterocycles. The van der Waals surface area contributed by atoms with Crippen molar-refractivity contribution in [2.24, 2.45) is 0 Å². The highest BCUT2D eigenvalue weighted by molar-refractivity contribution is 6.06. The van der Waals surface area contributed by atoms with Gasteiger partial charge in [-0.15, -0.1) is 0 Å². The van der Waals surface area contributed by atoms with Gasteiger partial charge in [0.1, 0.15) is 11.4 Å². The molecule has 0 atom stereocenters. The lowest BCUT2D eigenvalue weighted by atomic mass is 9.93. The first-order valence-corrected chi connectivity index (χ1v) is 7.66. The van der Waals surface area contributed by atoms with Crippen LogP contribution in [0.4, 0.5) is 0 Å². The van der Waals surface area contributed by atoms with E-state index in [1.54, 1.807) is 12.1 Å². The van der Waals surface area contributed by atoms with Gasteiger partial charge >= 0.3 is 0 Å². The van der Waals surface area contributed by atoms with Gasteiger partial charge in [-0.25, -0.2) is 0 Å². The molecule has 2 heterocycles. The van der Waals surface area contributed by atoms with Crippen molar-refractivity contribution in [1.29, 1.82) is 0 Å². The van der Waals surface area contributed by atoms with Crippen LogP contribution < -0.4 is 10.3 Å². The Morgan fingerprint density at radius 1 is 1.26 bits per heavy atom. The Balaban J connectivity index is 1.78. The lowest BCUT2D eigenvalue weighted by Crippen LogP contribution is -2.32. The number of aryl methyl sites for hydroxylation is 1. The van der Waals surface area contributed by atoms with Crippen molar-refractivity contribution >= 4 is 11.9 Å². The molecule has 1 aliphatic rings. The fourth-order valence-corrected chi connectivity index (χ4v) is 2.65. The monoisotopic (exact) mass is 309 g/mol. The minimum atomic E-state index is -0.280. The number of ketones is 1. The summed E-state index contributed by atoms with van der Waals surface area (Å²) < 4.78 is 5.95. The van der Waals surface area contributed by atoms with Crippen LogP contribution in [0.25, 0.3) is 6.08 Å². The molecule has 0 saturated carbocycles. The van der Waals surface area contributed by atoms with E-state index in [1.807, 2.05) is 18.2 Å². The van der Waals surface area contributed by atoms with Crippen LogP contribution in [0.15, 0.2) is 47.4 Å². The second-order valence-electron chi connectivity index (χ2n) is 6.37. The summed E-state index contributed by atoms with van der Waals surface area (Å²) >= 11 is 0. The number of aromatic amines is 1. The van der Waals surface area contributed by atoms with Crippen LogP contribution in [0.3, 0.4) is 0 Å². The largest absolute Gasteiger partial charge is 0.488 e. The quantitative estimate of drug-likeness (QED) is 0.698. The maximum absolute atomic E-state index is 12.1. The van der Waals surface area contributed by atoms with Gasteiger partial charge in [-0.05, 0) is 62.1 Å². The van der Waals surface area contributed by atoms with Crippen LogP contribution in [0.5, 0.6) is 5.75 Å². The van der Waals surface area contributed by atoms with E-state index < -0.39 is 0 Å². The number of allylic oxidation sites excluding steroid dienone is 1. The normalized spacial score (nSPS) is 15.9.